The third-order valence-corrected chi connectivity index (χ3v) is 3.95. The molecule has 2 rings (SSSR count). The first-order valence-corrected chi connectivity index (χ1v) is 7.31. The molecular formula is C16H23N3O2. The fraction of sp³-hybridized carbons (Fsp3) is 0.500. The van der Waals surface area contributed by atoms with Crippen LogP contribution in [0, 0.1) is 6.92 Å². The number of nitrogens with zero attached hydrogens (tertiary/aromatic N) is 3. The summed E-state index contributed by atoms with van der Waals surface area (Å²) in [5.41, 5.74) is 1.28. The molecule has 5 heteroatoms. The van der Waals surface area contributed by atoms with Gasteiger partial charge in [0.25, 0.3) is 0 Å². The Kier molecular flexibility index (Phi) is 5.09. The van der Waals surface area contributed by atoms with Gasteiger partial charge in [-0.1, -0.05) is 31.2 Å². The zero-order valence-corrected chi connectivity index (χ0v) is 12.7. The lowest BCUT2D eigenvalue weighted by Gasteiger charge is -2.31. The first kappa shape index (κ1) is 15.7. The minimum absolute atomic E-state index is 0.132. The molecule has 0 radical (unpaired) electrons. The number of hydrogen-bond donors (Lipinski definition) is 2. The molecule has 0 spiro atoms. The minimum atomic E-state index is -0.732. The average molecular weight is 289 g/mol. The second kappa shape index (κ2) is 6.83. The predicted molar refractivity (Wildman–Crippen MR) is 81.0 cm³/mol. The fourth-order valence-corrected chi connectivity index (χ4v) is 2.72. The van der Waals surface area contributed by atoms with Crippen LogP contribution >= 0.6 is 0 Å². The van der Waals surface area contributed by atoms with E-state index in [0.717, 1.165) is 29.9 Å². The van der Waals surface area contributed by atoms with Crippen molar-refractivity contribution in [1.82, 2.24) is 14.8 Å². The van der Waals surface area contributed by atoms with E-state index in [0.29, 0.717) is 6.42 Å². The lowest BCUT2D eigenvalue weighted by atomic mass is 9.76. The summed E-state index contributed by atoms with van der Waals surface area (Å²) in [7, 11) is 0. The number of aromatic nitrogens is 3. The fourth-order valence-electron chi connectivity index (χ4n) is 2.72. The van der Waals surface area contributed by atoms with Gasteiger partial charge in [-0.2, -0.15) is 5.10 Å². The number of aliphatic hydroxyl groups excluding tert-OH is 2. The summed E-state index contributed by atoms with van der Waals surface area (Å²) in [6, 6.07) is 7.84. The predicted octanol–water partition coefficient (Wildman–Crippen LogP) is 1.46. The van der Waals surface area contributed by atoms with E-state index in [4.69, 9.17) is 0 Å². The Morgan fingerprint density at radius 2 is 1.90 bits per heavy atom. The summed E-state index contributed by atoms with van der Waals surface area (Å²) in [6.07, 6.45) is 2.96. The summed E-state index contributed by atoms with van der Waals surface area (Å²) in [5, 5.41) is 24.1. The molecule has 2 aromatic rings. The normalized spacial score (nSPS) is 11.8. The summed E-state index contributed by atoms with van der Waals surface area (Å²) >= 11 is 0. The van der Waals surface area contributed by atoms with Crippen molar-refractivity contribution in [1.29, 1.82) is 0 Å². The molecule has 114 valence electrons. The highest BCUT2D eigenvalue weighted by atomic mass is 16.3. The van der Waals surface area contributed by atoms with Gasteiger partial charge in [0.15, 0.2) is 0 Å². The quantitative estimate of drug-likeness (QED) is 0.809. The van der Waals surface area contributed by atoms with Gasteiger partial charge in [-0.3, -0.25) is 4.68 Å². The molecule has 2 N–H and O–H groups in total. The monoisotopic (exact) mass is 289 g/mol. The Balaban J connectivity index is 2.39. The Morgan fingerprint density at radius 3 is 2.52 bits per heavy atom. The summed E-state index contributed by atoms with van der Waals surface area (Å²) in [6.45, 7) is 4.60. The van der Waals surface area contributed by atoms with E-state index in [-0.39, 0.29) is 13.2 Å². The largest absolute Gasteiger partial charge is 0.395 e. The van der Waals surface area contributed by atoms with Crippen LogP contribution in [0.5, 0.6) is 0 Å². The van der Waals surface area contributed by atoms with E-state index in [1.807, 2.05) is 35.9 Å². The van der Waals surface area contributed by atoms with Crippen LogP contribution < -0.4 is 0 Å². The molecule has 0 aliphatic rings. The highest BCUT2D eigenvalue weighted by Gasteiger charge is 2.34. The van der Waals surface area contributed by atoms with Crippen LogP contribution in [0.3, 0.4) is 0 Å². The van der Waals surface area contributed by atoms with Crippen molar-refractivity contribution < 1.29 is 10.2 Å². The number of aliphatic hydroxyl groups is 2. The Hall–Kier alpha value is -1.72. The average Bonchev–Trinajstić information content (AvgIpc) is 2.93. The van der Waals surface area contributed by atoms with Gasteiger partial charge in [-0.15, -0.1) is 0 Å². The van der Waals surface area contributed by atoms with Gasteiger partial charge in [0.2, 0.25) is 0 Å². The Bertz CT molecular complexity index is 576. The van der Waals surface area contributed by atoms with E-state index in [2.05, 4.69) is 17.0 Å². The maximum Gasteiger partial charge on any atom is 0.138 e. The number of aryl methyl sites for hydroxylation is 2. The van der Waals surface area contributed by atoms with Gasteiger partial charge >= 0.3 is 0 Å². The third-order valence-electron chi connectivity index (χ3n) is 3.95. The zero-order chi connectivity index (χ0) is 15.3. The molecular weight excluding hydrogens is 266 g/mol. The van der Waals surface area contributed by atoms with Crippen molar-refractivity contribution in [2.75, 3.05) is 13.2 Å². The van der Waals surface area contributed by atoms with Crippen molar-refractivity contribution in [2.24, 2.45) is 0 Å². The van der Waals surface area contributed by atoms with E-state index >= 15 is 0 Å². The van der Waals surface area contributed by atoms with Gasteiger partial charge < -0.3 is 10.2 Å². The van der Waals surface area contributed by atoms with Gasteiger partial charge in [-0.05, 0) is 24.5 Å². The van der Waals surface area contributed by atoms with Crippen LogP contribution in [0.15, 0.2) is 30.6 Å². The highest BCUT2D eigenvalue weighted by Crippen LogP contribution is 2.30. The standard InChI is InChI=1S/C16H23N3O2/c1-3-8-19-15(17-12-18-19)9-16(10-20,11-21)14-7-5-4-6-13(14)2/h4-7,12,20-21H,3,8-11H2,1-2H3. The van der Waals surface area contributed by atoms with E-state index < -0.39 is 5.41 Å². The molecule has 5 nitrogen and oxygen atoms in total. The van der Waals surface area contributed by atoms with Gasteiger partial charge in [0, 0.05) is 18.4 Å². The molecule has 0 bridgehead atoms. The maximum atomic E-state index is 9.96. The van der Waals surface area contributed by atoms with E-state index in [1.54, 1.807) is 0 Å². The second-order valence-electron chi connectivity index (χ2n) is 5.49. The molecule has 0 fully saturated rings. The third kappa shape index (κ3) is 3.14. The lowest BCUT2D eigenvalue weighted by Crippen LogP contribution is -2.39. The van der Waals surface area contributed by atoms with Crippen molar-refractivity contribution >= 4 is 0 Å². The van der Waals surface area contributed by atoms with Crippen molar-refractivity contribution in [3.63, 3.8) is 0 Å². The number of hydrogen-bond acceptors (Lipinski definition) is 4. The van der Waals surface area contributed by atoms with Crippen molar-refractivity contribution in [2.45, 2.75) is 38.6 Å². The smallest absolute Gasteiger partial charge is 0.138 e. The summed E-state index contributed by atoms with van der Waals surface area (Å²) in [5.74, 6) is 0.795. The topological polar surface area (TPSA) is 71.2 Å². The molecule has 1 aromatic heterocycles. The van der Waals surface area contributed by atoms with Crippen LogP contribution in [0.25, 0.3) is 0 Å². The molecule has 0 saturated heterocycles. The maximum absolute atomic E-state index is 9.96. The van der Waals surface area contributed by atoms with E-state index in [1.165, 1.54) is 6.33 Å². The Morgan fingerprint density at radius 1 is 1.19 bits per heavy atom. The van der Waals surface area contributed by atoms with Crippen LogP contribution in [0.2, 0.25) is 0 Å². The van der Waals surface area contributed by atoms with Gasteiger partial charge in [0.05, 0.1) is 13.2 Å². The van der Waals surface area contributed by atoms with Crippen LogP contribution in [0.4, 0.5) is 0 Å². The van der Waals surface area contributed by atoms with Crippen LogP contribution in [-0.2, 0) is 18.4 Å². The molecule has 0 saturated carbocycles. The minimum Gasteiger partial charge on any atom is -0.395 e. The van der Waals surface area contributed by atoms with Gasteiger partial charge in [-0.25, -0.2) is 4.98 Å². The first-order chi connectivity index (χ1) is 10.2. The molecule has 0 amide bonds. The molecule has 1 aromatic carbocycles. The summed E-state index contributed by atoms with van der Waals surface area (Å²) < 4.78 is 1.85. The molecule has 0 unspecified atom stereocenters. The second-order valence-corrected chi connectivity index (χ2v) is 5.49. The van der Waals surface area contributed by atoms with Crippen molar-refractivity contribution in [3.05, 3.63) is 47.5 Å². The summed E-state index contributed by atoms with van der Waals surface area (Å²) in [4.78, 5) is 4.30. The number of rotatable bonds is 7. The zero-order valence-electron chi connectivity index (χ0n) is 12.7. The molecule has 1 heterocycles. The molecule has 21 heavy (non-hydrogen) atoms. The lowest BCUT2D eigenvalue weighted by molar-refractivity contribution is 0.113. The Labute approximate surface area is 125 Å². The van der Waals surface area contributed by atoms with Crippen LogP contribution in [0.1, 0.15) is 30.3 Å². The molecule has 0 atom stereocenters. The SMILES string of the molecule is CCCn1ncnc1CC(CO)(CO)c1ccccc1C. The number of benzene rings is 1. The van der Waals surface area contributed by atoms with Crippen molar-refractivity contribution in [3.8, 4) is 0 Å². The molecule has 0 aliphatic heterocycles. The highest BCUT2D eigenvalue weighted by molar-refractivity contribution is 5.34. The molecule has 0 aliphatic carbocycles. The van der Waals surface area contributed by atoms with E-state index in [9.17, 15) is 10.2 Å². The van der Waals surface area contributed by atoms with Crippen LogP contribution in [-0.4, -0.2) is 38.2 Å². The first-order valence-electron chi connectivity index (χ1n) is 7.31. The van der Waals surface area contributed by atoms with Gasteiger partial charge in [0.1, 0.15) is 12.2 Å².